The largest absolute Gasteiger partial charge is 0.361 e. The van der Waals surface area contributed by atoms with Crippen molar-refractivity contribution < 1.29 is 9.32 Å². The lowest BCUT2D eigenvalue weighted by Crippen LogP contribution is -2.16. The van der Waals surface area contributed by atoms with Crippen molar-refractivity contribution in [1.82, 2.24) is 24.7 Å². The van der Waals surface area contributed by atoms with Crippen LogP contribution in [-0.4, -0.2) is 30.6 Å². The quantitative estimate of drug-likeness (QED) is 0.477. The Bertz CT molecular complexity index is 1210. The summed E-state index contributed by atoms with van der Waals surface area (Å²) in [5, 5.41) is 16.5. The number of carbonyl (C=O) groups excluding carboxylic acids is 1. The fourth-order valence-corrected chi connectivity index (χ4v) is 3.43. The molecule has 0 saturated carbocycles. The molecule has 1 aromatic carbocycles. The molecule has 0 aliphatic carbocycles. The molecular weight excluding hydrogens is 427 g/mol. The van der Waals surface area contributed by atoms with Crippen molar-refractivity contribution in [3.63, 3.8) is 0 Å². The Morgan fingerprint density at radius 1 is 1.17 bits per heavy atom. The maximum Gasteiger partial charge on any atom is 0.279 e. The maximum atomic E-state index is 12.8. The molecule has 0 fully saturated rings. The van der Waals surface area contributed by atoms with Crippen LogP contribution in [0.5, 0.6) is 0 Å². The molecule has 1 N–H and O–H groups in total. The van der Waals surface area contributed by atoms with E-state index in [0.717, 1.165) is 11.3 Å². The first-order chi connectivity index (χ1) is 14.4. The van der Waals surface area contributed by atoms with Crippen LogP contribution < -0.4 is 5.32 Å². The molecular formula is C20H18Cl2N6O2. The van der Waals surface area contributed by atoms with Crippen molar-refractivity contribution in [2.75, 3.05) is 5.32 Å². The summed E-state index contributed by atoms with van der Waals surface area (Å²) < 4.78 is 8.64. The van der Waals surface area contributed by atoms with Crippen LogP contribution in [-0.2, 0) is 13.1 Å². The molecule has 4 rings (SSSR count). The minimum absolute atomic E-state index is 0.182. The molecule has 1 amide bonds. The van der Waals surface area contributed by atoms with Gasteiger partial charge >= 0.3 is 0 Å². The summed E-state index contributed by atoms with van der Waals surface area (Å²) in [5.74, 6) is 0.551. The first-order valence-corrected chi connectivity index (χ1v) is 9.88. The summed E-state index contributed by atoms with van der Waals surface area (Å²) in [4.78, 5) is 12.8. The highest BCUT2D eigenvalue weighted by molar-refractivity contribution is 6.30. The second-order valence-electron chi connectivity index (χ2n) is 6.83. The van der Waals surface area contributed by atoms with Crippen molar-refractivity contribution in [2.45, 2.75) is 26.9 Å². The molecule has 154 valence electrons. The van der Waals surface area contributed by atoms with Crippen molar-refractivity contribution in [2.24, 2.45) is 0 Å². The molecule has 0 aliphatic heterocycles. The Labute approximate surface area is 182 Å². The van der Waals surface area contributed by atoms with Gasteiger partial charge in [0.25, 0.3) is 5.91 Å². The molecule has 0 spiro atoms. The number of aromatic nitrogens is 5. The van der Waals surface area contributed by atoms with Crippen LogP contribution in [0.2, 0.25) is 10.0 Å². The topological polar surface area (TPSA) is 90.8 Å². The molecule has 8 nitrogen and oxygen atoms in total. The number of rotatable bonds is 6. The van der Waals surface area contributed by atoms with E-state index in [1.54, 1.807) is 28.6 Å². The lowest BCUT2D eigenvalue weighted by molar-refractivity contribution is 0.101. The zero-order valence-electron chi connectivity index (χ0n) is 16.3. The number of carbonyl (C=O) groups is 1. The number of nitrogens with one attached hydrogen (secondary N) is 1. The van der Waals surface area contributed by atoms with Gasteiger partial charge < -0.3 is 9.84 Å². The third-order valence-corrected chi connectivity index (χ3v) is 5.00. The third kappa shape index (κ3) is 4.39. The molecule has 3 heterocycles. The number of hydrogen-bond acceptors (Lipinski definition) is 5. The Hall–Kier alpha value is -3.10. The summed E-state index contributed by atoms with van der Waals surface area (Å²) in [5.41, 5.74) is 2.72. The first kappa shape index (κ1) is 20.2. The number of benzene rings is 1. The Balaban J connectivity index is 1.51. The molecule has 10 heteroatoms. The number of nitrogens with zero attached hydrogens (tertiary/aromatic N) is 5. The first-order valence-electron chi connectivity index (χ1n) is 9.12. The molecule has 3 aromatic heterocycles. The van der Waals surface area contributed by atoms with Gasteiger partial charge in [-0.2, -0.15) is 10.2 Å². The number of aryl methyl sites for hydroxylation is 2. The van der Waals surface area contributed by atoms with Crippen LogP contribution >= 0.6 is 23.2 Å². The third-order valence-electron chi connectivity index (χ3n) is 4.57. The van der Waals surface area contributed by atoms with Crippen molar-refractivity contribution in [3.05, 3.63) is 81.0 Å². The van der Waals surface area contributed by atoms with Gasteiger partial charge in [0.15, 0.2) is 11.5 Å². The summed E-state index contributed by atoms with van der Waals surface area (Å²) in [6, 6.07) is 9.36. The predicted octanol–water partition coefficient (Wildman–Crippen LogP) is 4.34. The monoisotopic (exact) mass is 444 g/mol. The van der Waals surface area contributed by atoms with E-state index in [1.807, 2.05) is 31.2 Å². The number of amides is 1. The SMILES string of the molecule is Cc1onc(C(=O)Nc2cc(C)n(Cc3cccc(Cl)c3)n2)c1Cn1cc(Cl)cn1. The number of anilines is 1. The minimum atomic E-state index is -0.410. The van der Waals surface area contributed by atoms with Gasteiger partial charge in [-0.3, -0.25) is 14.2 Å². The van der Waals surface area contributed by atoms with Gasteiger partial charge in [0.05, 0.1) is 24.3 Å². The Morgan fingerprint density at radius 2 is 2.00 bits per heavy atom. The smallest absolute Gasteiger partial charge is 0.279 e. The molecule has 30 heavy (non-hydrogen) atoms. The van der Waals surface area contributed by atoms with E-state index in [2.05, 4.69) is 20.7 Å². The molecule has 0 bridgehead atoms. The Morgan fingerprint density at radius 3 is 2.73 bits per heavy atom. The average Bonchev–Trinajstić information content (AvgIpc) is 3.36. The van der Waals surface area contributed by atoms with E-state index in [9.17, 15) is 4.79 Å². The van der Waals surface area contributed by atoms with Gasteiger partial charge in [-0.1, -0.05) is 40.5 Å². The fraction of sp³-hybridized carbons (Fsp3) is 0.200. The number of hydrogen-bond donors (Lipinski definition) is 1. The molecule has 0 atom stereocenters. The van der Waals surface area contributed by atoms with Gasteiger partial charge in [-0.15, -0.1) is 0 Å². The van der Waals surface area contributed by atoms with E-state index < -0.39 is 5.91 Å². The zero-order valence-corrected chi connectivity index (χ0v) is 17.8. The lowest BCUT2D eigenvalue weighted by atomic mass is 10.2. The predicted molar refractivity (Wildman–Crippen MR) is 113 cm³/mol. The van der Waals surface area contributed by atoms with Gasteiger partial charge in [0, 0.05) is 28.5 Å². The maximum absolute atomic E-state index is 12.8. The van der Waals surface area contributed by atoms with Crippen molar-refractivity contribution >= 4 is 34.9 Å². The van der Waals surface area contributed by atoms with E-state index in [1.165, 1.54) is 6.20 Å². The van der Waals surface area contributed by atoms with E-state index in [0.29, 0.717) is 40.3 Å². The van der Waals surface area contributed by atoms with Gasteiger partial charge in [-0.05, 0) is 31.5 Å². The lowest BCUT2D eigenvalue weighted by Gasteiger charge is -2.05. The minimum Gasteiger partial charge on any atom is -0.361 e. The van der Waals surface area contributed by atoms with Gasteiger partial charge in [0.1, 0.15) is 5.76 Å². The van der Waals surface area contributed by atoms with Crippen molar-refractivity contribution in [1.29, 1.82) is 0 Å². The molecule has 0 aliphatic rings. The normalized spacial score (nSPS) is 11.1. The van der Waals surface area contributed by atoms with Crippen LogP contribution in [0.4, 0.5) is 5.82 Å². The number of halogens is 2. The highest BCUT2D eigenvalue weighted by Gasteiger charge is 2.21. The van der Waals surface area contributed by atoms with Crippen LogP contribution in [0.25, 0.3) is 0 Å². The highest BCUT2D eigenvalue weighted by Crippen LogP contribution is 2.19. The molecule has 0 unspecified atom stereocenters. The van der Waals surface area contributed by atoms with Gasteiger partial charge in [-0.25, -0.2) is 0 Å². The summed E-state index contributed by atoms with van der Waals surface area (Å²) >= 11 is 12.0. The molecule has 4 aromatic rings. The van der Waals surface area contributed by atoms with E-state index in [-0.39, 0.29) is 5.69 Å². The summed E-state index contributed by atoms with van der Waals surface area (Å²) in [6.07, 6.45) is 3.19. The summed E-state index contributed by atoms with van der Waals surface area (Å²) in [6.45, 7) is 4.51. The molecule has 0 radical (unpaired) electrons. The zero-order chi connectivity index (χ0) is 21.3. The highest BCUT2D eigenvalue weighted by atomic mass is 35.5. The molecule has 0 saturated heterocycles. The van der Waals surface area contributed by atoms with Crippen LogP contribution in [0, 0.1) is 13.8 Å². The van der Waals surface area contributed by atoms with Crippen LogP contribution in [0.15, 0.2) is 47.2 Å². The van der Waals surface area contributed by atoms with E-state index >= 15 is 0 Å². The fourth-order valence-electron chi connectivity index (χ4n) is 3.06. The van der Waals surface area contributed by atoms with E-state index in [4.69, 9.17) is 27.7 Å². The summed E-state index contributed by atoms with van der Waals surface area (Å²) in [7, 11) is 0. The van der Waals surface area contributed by atoms with Crippen molar-refractivity contribution in [3.8, 4) is 0 Å². The van der Waals surface area contributed by atoms with Gasteiger partial charge in [0.2, 0.25) is 0 Å². The second-order valence-corrected chi connectivity index (χ2v) is 7.71. The van der Waals surface area contributed by atoms with Crippen LogP contribution in [0.1, 0.15) is 33.1 Å². The van der Waals surface area contributed by atoms with Crippen LogP contribution in [0.3, 0.4) is 0 Å². The second kappa shape index (κ2) is 8.33. The Kier molecular flexibility index (Phi) is 5.61. The standard InChI is InChI=1S/C20H18Cl2N6O2/c1-12-6-18(25-28(12)9-14-4-3-5-15(21)7-14)24-20(29)19-17(13(2)30-26-19)11-27-10-16(22)8-23-27/h3-8,10H,9,11H2,1-2H3,(H,24,25,29). The average molecular weight is 445 g/mol.